The predicted octanol–water partition coefficient (Wildman–Crippen LogP) is 2.40. The topological polar surface area (TPSA) is 61.4 Å². The number of piperidine rings is 1. The molecule has 0 unspecified atom stereocenters. The SMILES string of the molecule is Cc1cc(C)c(NC(=O)CNC(=O)CN2CCC[C@H](C)C2)c(C)c1. The first-order valence-corrected chi connectivity index (χ1v) is 8.72. The summed E-state index contributed by atoms with van der Waals surface area (Å²) in [5.41, 5.74) is 4.08. The summed E-state index contributed by atoms with van der Waals surface area (Å²) in [5, 5.41) is 5.63. The number of anilines is 1. The highest BCUT2D eigenvalue weighted by molar-refractivity contribution is 5.96. The summed E-state index contributed by atoms with van der Waals surface area (Å²) in [6.07, 6.45) is 2.37. The highest BCUT2D eigenvalue weighted by Gasteiger charge is 2.18. The van der Waals surface area contributed by atoms with Crippen LogP contribution >= 0.6 is 0 Å². The summed E-state index contributed by atoms with van der Waals surface area (Å²) in [7, 11) is 0. The van der Waals surface area contributed by atoms with Gasteiger partial charge in [0.25, 0.3) is 0 Å². The predicted molar refractivity (Wildman–Crippen MR) is 97.1 cm³/mol. The molecule has 2 rings (SSSR count). The molecule has 0 aromatic heterocycles. The van der Waals surface area contributed by atoms with Gasteiger partial charge in [0.2, 0.25) is 11.8 Å². The van der Waals surface area contributed by atoms with Crippen LogP contribution in [0.5, 0.6) is 0 Å². The van der Waals surface area contributed by atoms with E-state index in [0.717, 1.165) is 36.3 Å². The second-order valence-electron chi connectivity index (χ2n) is 7.08. The van der Waals surface area contributed by atoms with Crippen LogP contribution in [0.3, 0.4) is 0 Å². The molecule has 0 aliphatic carbocycles. The van der Waals surface area contributed by atoms with E-state index in [4.69, 9.17) is 0 Å². The number of amides is 2. The molecule has 1 aromatic rings. The Bertz CT molecular complexity index is 590. The van der Waals surface area contributed by atoms with Crippen molar-refractivity contribution < 1.29 is 9.59 Å². The van der Waals surface area contributed by atoms with Crippen LogP contribution in [-0.4, -0.2) is 42.9 Å². The lowest BCUT2D eigenvalue weighted by Crippen LogP contribution is -2.43. The first-order valence-electron chi connectivity index (χ1n) is 8.72. The molecule has 0 spiro atoms. The normalized spacial score (nSPS) is 18.2. The van der Waals surface area contributed by atoms with Crippen LogP contribution in [0.2, 0.25) is 0 Å². The van der Waals surface area contributed by atoms with Gasteiger partial charge in [-0.25, -0.2) is 0 Å². The van der Waals surface area contributed by atoms with Gasteiger partial charge in [-0.2, -0.15) is 0 Å². The van der Waals surface area contributed by atoms with Crippen molar-refractivity contribution in [3.05, 3.63) is 28.8 Å². The first-order chi connectivity index (χ1) is 11.3. The zero-order chi connectivity index (χ0) is 17.7. The maximum Gasteiger partial charge on any atom is 0.243 e. The van der Waals surface area contributed by atoms with Crippen molar-refractivity contribution in [2.45, 2.75) is 40.5 Å². The third-order valence-electron chi connectivity index (χ3n) is 4.50. The van der Waals surface area contributed by atoms with Crippen LogP contribution in [0.15, 0.2) is 12.1 Å². The molecule has 1 saturated heterocycles. The number of carbonyl (C=O) groups excluding carboxylic acids is 2. The lowest BCUT2D eigenvalue weighted by Gasteiger charge is -2.30. The molecule has 0 radical (unpaired) electrons. The number of nitrogens with one attached hydrogen (secondary N) is 2. The Labute approximate surface area is 144 Å². The molecule has 2 amide bonds. The average Bonchev–Trinajstić information content (AvgIpc) is 2.49. The van der Waals surface area contributed by atoms with E-state index in [-0.39, 0.29) is 18.4 Å². The molecule has 0 bridgehead atoms. The molecule has 1 atom stereocenters. The molecule has 24 heavy (non-hydrogen) atoms. The van der Waals surface area contributed by atoms with Crippen molar-refractivity contribution in [1.82, 2.24) is 10.2 Å². The maximum absolute atomic E-state index is 12.1. The average molecular weight is 331 g/mol. The number of aryl methyl sites for hydroxylation is 3. The fourth-order valence-corrected chi connectivity index (χ4v) is 3.43. The fourth-order valence-electron chi connectivity index (χ4n) is 3.43. The Hall–Kier alpha value is -1.88. The van der Waals surface area contributed by atoms with Gasteiger partial charge in [-0.1, -0.05) is 24.6 Å². The number of benzene rings is 1. The lowest BCUT2D eigenvalue weighted by molar-refractivity contribution is -0.125. The quantitative estimate of drug-likeness (QED) is 0.871. The van der Waals surface area contributed by atoms with Crippen LogP contribution in [-0.2, 0) is 9.59 Å². The number of hydrogen-bond donors (Lipinski definition) is 2. The van der Waals surface area contributed by atoms with Gasteiger partial charge in [0, 0.05) is 12.2 Å². The van der Waals surface area contributed by atoms with Crippen molar-refractivity contribution in [3.63, 3.8) is 0 Å². The van der Waals surface area contributed by atoms with E-state index in [2.05, 4.69) is 22.5 Å². The molecule has 1 aromatic carbocycles. The van der Waals surface area contributed by atoms with Gasteiger partial charge in [-0.15, -0.1) is 0 Å². The summed E-state index contributed by atoms with van der Waals surface area (Å²) in [5.74, 6) is 0.365. The minimum absolute atomic E-state index is 0.00891. The molecular formula is C19H29N3O2. The lowest BCUT2D eigenvalue weighted by atomic mass is 10.0. The number of hydrogen-bond acceptors (Lipinski definition) is 3. The van der Waals surface area contributed by atoms with Crippen LogP contribution in [0, 0.1) is 26.7 Å². The molecule has 1 aliphatic rings. The molecule has 132 valence electrons. The smallest absolute Gasteiger partial charge is 0.243 e. The largest absolute Gasteiger partial charge is 0.346 e. The Balaban J connectivity index is 1.80. The molecular weight excluding hydrogens is 302 g/mol. The maximum atomic E-state index is 12.1. The van der Waals surface area contributed by atoms with Crippen molar-refractivity contribution in [2.75, 3.05) is 31.5 Å². The summed E-state index contributed by atoms with van der Waals surface area (Å²) >= 11 is 0. The van der Waals surface area contributed by atoms with E-state index >= 15 is 0 Å². The van der Waals surface area contributed by atoms with E-state index in [0.29, 0.717) is 12.5 Å². The van der Waals surface area contributed by atoms with Crippen LogP contribution in [0.25, 0.3) is 0 Å². The third-order valence-corrected chi connectivity index (χ3v) is 4.50. The Morgan fingerprint density at radius 1 is 1.17 bits per heavy atom. The summed E-state index contributed by atoms with van der Waals surface area (Å²) in [6.45, 7) is 10.5. The number of carbonyl (C=O) groups is 2. The second-order valence-corrected chi connectivity index (χ2v) is 7.08. The second kappa shape index (κ2) is 8.29. The Kier molecular flexibility index (Phi) is 6.37. The van der Waals surface area contributed by atoms with Gasteiger partial charge < -0.3 is 10.6 Å². The zero-order valence-electron chi connectivity index (χ0n) is 15.2. The Morgan fingerprint density at radius 2 is 1.83 bits per heavy atom. The van der Waals surface area contributed by atoms with E-state index < -0.39 is 0 Å². The minimum Gasteiger partial charge on any atom is -0.346 e. The van der Waals surface area contributed by atoms with Gasteiger partial charge in [0.1, 0.15) is 0 Å². The number of likely N-dealkylation sites (tertiary alicyclic amines) is 1. The van der Waals surface area contributed by atoms with Crippen molar-refractivity contribution in [3.8, 4) is 0 Å². The van der Waals surface area contributed by atoms with Crippen LogP contribution < -0.4 is 10.6 Å². The van der Waals surface area contributed by atoms with Crippen molar-refractivity contribution in [2.24, 2.45) is 5.92 Å². The summed E-state index contributed by atoms with van der Waals surface area (Å²) in [4.78, 5) is 26.3. The number of nitrogens with zero attached hydrogens (tertiary/aromatic N) is 1. The highest BCUT2D eigenvalue weighted by Crippen LogP contribution is 2.21. The monoisotopic (exact) mass is 331 g/mol. The molecule has 0 saturated carbocycles. The molecule has 1 aliphatic heterocycles. The highest BCUT2D eigenvalue weighted by atomic mass is 16.2. The molecule has 2 N–H and O–H groups in total. The van der Waals surface area contributed by atoms with E-state index in [1.165, 1.54) is 12.0 Å². The first kappa shape index (κ1) is 18.5. The van der Waals surface area contributed by atoms with Gasteiger partial charge in [-0.05, 0) is 57.2 Å². The minimum atomic E-state index is -0.189. The van der Waals surface area contributed by atoms with Crippen LogP contribution in [0.1, 0.15) is 36.5 Å². The summed E-state index contributed by atoms with van der Waals surface area (Å²) in [6, 6.07) is 4.08. The van der Waals surface area contributed by atoms with Crippen LogP contribution in [0.4, 0.5) is 5.69 Å². The summed E-state index contributed by atoms with van der Waals surface area (Å²) < 4.78 is 0. The van der Waals surface area contributed by atoms with Gasteiger partial charge in [0.15, 0.2) is 0 Å². The fraction of sp³-hybridized carbons (Fsp3) is 0.579. The van der Waals surface area contributed by atoms with Gasteiger partial charge >= 0.3 is 0 Å². The van der Waals surface area contributed by atoms with Gasteiger partial charge in [0.05, 0.1) is 13.1 Å². The molecule has 1 heterocycles. The van der Waals surface area contributed by atoms with Crippen molar-refractivity contribution in [1.29, 1.82) is 0 Å². The molecule has 5 heteroatoms. The Morgan fingerprint density at radius 3 is 2.46 bits per heavy atom. The van der Waals surface area contributed by atoms with Gasteiger partial charge in [-0.3, -0.25) is 14.5 Å². The number of rotatable bonds is 5. The van der Waals surface area contributed by atoms with E-state index in [1.807, 2.05) is 32.9 Å². The zero-order valence-corrected chi connectivity index (χ0v) is 15.2. The molecule has 1 fully saturated rings. The van der Waals surface area contributed by atoms with E-state index in [9.17, 15) is 9.59 Å². The molecule has 5 nitrogen and oxygen atoms in total. The standard InChI is InChI=1S/C19H29N3O2/c1-13-6-5-7-22(11-13)12-18(24)20-10-17(23)21-19-15(3)8-14(2)9-16(19)4/h8-9,13H,5-7,10-12H2,1-4H3,(H,20,24)(H,21,23)/t13-/m0/s1. The van der Waals surface area contributed by atoms with Crippen molar-refractivity contribution >= 4 is 17.5 Å². The third kappa shape index (κ3) is 5.34. The van der Waals surface area contributed by atoms with E-state index in [1.54, 1.807) is 0 Å².